The van der Waals surface area contributed by atoms with Gasteiger partial charge in [0.1, 0.15) is 5.75 Å². The zero-order valence-electron chi connectivity index (χ0n) is 19.0. The highest BCUT2D eigenvalue weighted by Gasteiger charge is 2.32. The van der Waals surface area contributed by atoms with E-state index in [0.717, 1.165) is 30.9 Å². The van der Waals surface area contributed by atoms with Crippen molar-refractivity contribution in [1.82, 2.24) is 25.0 Å². The fourth-order valence-corrected chi connectivity index (χ4v) is 4.31. The predicted octanol–water partition coefficient (Wildman–Crippen LogP) is 3.11. The maximum atomic E-state index is 12.7. The van der Waals surface area contributed by atoms with Crippen LogP contribution in [0.2, 0.25) is 5.02 Å². The maximum Gasteiger partial charge on any atom is 0.319 e. The number of nitrogens with one attached hydrogen (secondary N) is 2. The molecule has 1 saturated heterocycles. The number of nitrogens with zero attached hydrogens (tertiary/aromatic N) is 4. The lowest BCUT2D eigenvalue weighted by Gasteiger charge is -2.38. The molecule has 3 heterocycles. The molecule has 9 nitrogen and oxygen atoms in total. The number of methoxy groups -OCH3 is 1. The number of rotatable bonds is 8. The third kappa shape index (κ3) is 6.25. The molecular formula is C24H29ClN6O3. The summed E-state index contributed by atoms with van der Waals surface area (Å²) in [6.07, 6.45) is 4.35. The van der Waals surface area contributed by atoms with Crippen molar-refractivity contribution < 1.29 is 14.6 Å². The van der Waals surface area contributed by atoms with Crippen molar-refractivity contribution >= 4 is 23.3 Å². The Balaban J connectivity index is 1.45. The molecule has 0 saturated carbocycles. The Hall–Kier alpha value is -3.14. The number of aliphatic hydroxyl groups is 1. The van der Waals surface area contributed by atoms with Gasteiger partial charge in [0, 0.05) is 54.2 Å². The zero-order valence-corrected chi connectivity index (χ0v) is 19.8. The molecule has 4 rings (SSSR count). The average Bonchev–Trinajstić information content (AvgIpc) is 3.28. The number of amides is 2. The van der Waals surface area contributed by atoms with Gasteiger partial charge in [0.05, 0.1) is 32.2 Å². The molecule has 10 heteroatoms. The van der Waals surface area contributed by atoms with Gasteiger partial charge in [-0.25, -0.2) is 4.79 Å². The van der Waals surface area contributed by atoms with Crippen molar-refractivity contribution in [2.24, 2.45) is 0 Å². The van der Waals surface area contributed by atoms with Crippen LogP contribution in [0.4, 0.5) is 10.5 Å². The minimum absolute atomic E-state index is 0.00449. The molecule has 1 fully saturated rings. The van der Waals surface area contributed by atoms with Crippen molar-refractivity contribution in [2.75, 3.05) is 32.1 Å². The Morgan fingerprint density at radius 1 is 1.24 bits per heavy atom. The molecule has 2 atom stereocenters. The summed E-state index contributed by atoms with van der Waals surface area (Å²) < 4.78 is 7.00. The topological polar surface area (TPSA) is 105 Å². The predicted molar refractivity (Wildman–Crippen MR) is 130 cm³/mol. The van der Waals surface area contributed by atoms with Crippen molar-refractivity contribution in [3.63, 3.8) is 0 Å². The van der Waals surface area contributed by atoms with E-state index in [1.54, 1.807) is 42.3 Å². The Labute approximate surface area is 203 Å². The molecule has 1 aromatic carbocycles. The van der Waals surface area contributed by atoms with Gasteiger partial charge >= 0.3 is 6.03 Å². The maximum absolute atomic E-state index is 12.7. The normalized spacial score (nSPS) is 18.4. The number of aromatic nitrogens is 3. The Bertz CT molecular complexity index is 1070. The highest BCUT2D eigenvalue weighted by molar-refractivity contribution is 6.30. The van der Waals surface area contributed by atoms with Crippen LogP contribution in [0.1, 0.15) is 23.7 Å². The van der Waals surface area contributed by atoms with Gasteiger partial charge in [0.2, 0.25) is 0 Å². The van der Waals surface area contributed by atoms with E-state index in [-0.39, 0.29) is 24.6 Å². The minimum Gasteiger partial charge on any atom is -0.495 e. The third-order valence-corrected chi connectivity index (χ3v) is 6.15. The molecule has 0 aliphatic carbocycles. The smallest absolute Gasteiger partial charge is 0.319 e. The number of pyridine rings is 1. The number of likely N-dealkylation sites (tertiary alicyclic amines) is 1. The number of carbonyl (C=O) groups is 1. The number of hydrogen-bond donors (Lipinski definition) is 3. The number of aliphatic hydroxyl groups excluding tert-OH is 1. The molecule has 0 spiro atoms. The van der Waals surface area contributed by atoms with Crippen LogP contribution < -0.4 is 15.4 Å². The molecule has 0 radical (unpaired) electrons. The molecule has 180 valence electrons. The lowest BCUT2D eigenvalue weighted by atomic mass is 9.88. The molecule has 2 amide bonds. The van der Waals surface area contributed by atoms with Crippen molar-refractivity contribution in [1.29, 1.82) is 0 Å². The number of ether oxygens (including phenoxy) is 1. The lowest BCUT2D eigenvalue weighted by Crippen LogP contribution is -2.50. The molecule has 0 bridgehead atoms. The van der Waals surface area contributed by atoms with Crippen molar-refractivity contribution in [3.8, 4) is 5.75 Å². The second-order valence-corrected chi connectivity index (χ2v) is 8.70. The number of hydrogen-bond acceptors (Lipinski definition) is 6. The van der Waals surface area contributed by atoms with E-state index in [1.165, 1.54) is 0 Å². The largest absolute Gasteiger partial charge is 0.495 e. The lowest BCUT2D eigenvalue weighted by molar-refractivity contribution is 0.165. The van der Waals surface area contributed by atoms with Crippen LogP contribution in [-0.2, 0) is 13.1 Å². The van der Waals surface area contributed by atoms with Gasteiger partial charge < -0.3 is 20.5 Å². The van der Waals surface area contributed by atoms with Crippen molar-refractivity contribution in [3.05, 3.63) is 71.3 Å². The van der Waals surface area contributed by atoms with Crippen molar-refractivity contribution in [2.45, 2.75) is 31.5 Å². The summed E-state index contributed by atoms with van der Waals surface area (Å²) in [6.45, 7) is 2.76. The fraction of sp³-hybridized carbons (Fsp3) is 0.375. The first-order valence-corrected chi connectivity index (χ1v) is 11.6. The summed E-state index contributed by atoms with van der Waals surface area (Å²) in [5, 5.41) is 20.3. The van der Waals surface area contributed by atoms with Gasteiger partial charge in [-0.15, -0.1) is 0 Å². The van der Waals surface area contributed by atoms with Gasteiger partial charge in [-0.05, 0) is 48.9 Å². The van der Waals surface area contributed by atoms with E-state index in [9.17, 15) is 4.79 Å². The SMILES string of the molecule is COc1ccc(C2CN(Cc3ccn(CCO)n3)CCC2NC(=O)Nc2ccc(Cl)cc2)nc1. The van der Waals surface area contributed by atoms with E-state index >= 15 is 0 Å². The first kappa shape index (κ1) is 24.0. The molecule has 2 aromatic heterocycles. The molecule has 3 N–H and O–H groups in total. The number of benzene rings is 1. The Morgan fingerprint density at radius 2 is 2.06 bits per heavy atom. The molecule has 3 aromatic rings. The summed E-state index contributed by atoms with van der Waals surface area (Å²) in [5.74, 6) is 0.686. The van der Waals surface area contributed by atoms with Gasteiger partial charge in [0.15, 0.2) is 0 Å². The number of halogens is 1. The van der Waals surface area contributed by atoms with Crippen LogP contribution in [0.25, 0.3) is 0 Å². The first-order chi connectivity index (χ1) is 16.5. The van der Waals surface area contributed by atoms with Crippen LogP contribution in [0, 0.1) is 0 Å². The standard InChI is InChI=1S/C24H29ClN6O3/c1-34-20-6-7-22(26-14-20)21-16-30(15-19-8-11-31(29-19)12-13-32)10-9-23(21)28-24(33)27-18-4-2-17(25)3-5-18/h2-8,11,14,21,23,32H,9-10,12-13,15-16H2,1H3,(H2,27,28,33). The summed E-state index contributed by atoms with van der Waals surface area (Å²) in [5.41, 5.74) is 2.52. The number of carbonyl (C=O) groups excluding carboxylic acids is 1. The highest BCUT2D eigenvalue weighted by atomic mass is 35.5. The van der Waals surface area contributed by atoms with Crippen LogP contribution in [-0.4, -0.2) is 63.7 Å². The van der Waals surface area contributed by atoms with Crippen LogP contribution >= 0.6 is 11.6 Å². The van der Waals surface area contributed by atoms with Crippen LogP contribution in [0.5, 0.6) is 5.75 Å². The molecule has 2 unspecified atom stereocenters. The summed E-state index contributed by atoms with van der Waals surface area (Å²) in [4.78, 5) is 19.7. The molecule has 1 aliphatic heterocycles. The van der Waals surface area contributed by atoms with E-state index in [4.69, 9.17) is 21.4 Å². The zero-order chi connectivity index (χ0) is 23.9. The Morgan fingerprint density at radius 3 is 2.76 bits per heavy atom. The molecule has 34 heavy (non-hydrogen) atoms. The highest BCUT2D eigenvalue weighted by Crippen LogP contribution is 2.28. The number of anilines is 1. The molecule has 1 aliphatic rings. The van der Waals surface area contributed by atoms with Crippen LogP contribution in [0.3, 0.4) is 0 Å². The summed E-state index contributed by atoms with van der Waals surface area (Å²) >= 11 is 5.94. The quantitative estimate of drug-likeness (QED) is 0.454. The minimum atomic E-state index is -0.262. The van der Waals surface area contributed by atoms with E-state index in [0.29, 0.717) is 29.5 Å². The first-order valence-electron chi connectivity index (χ1n) is 11.2. The summed E-state index contributed by atoms with van der Waals surface area (Å²) in [6, 6.07) is 12.5. The van der Waals surface area contributed by atoms with Gasteiger partial charge in [-0.1, -0.05) is 11.6 Å². The average molecular weight is 485 g/mol. The van der Waals surface area contributed by atoms with Gasteiger partial charge in [-0.2, -0.15) is 5.10 Å². The van der Waals surface area contributed by atoms with Crippen LogP contribution in [0.15, 0.2) is 54.9 Å². The number of urea groups is 1. The van der Waals surface area contributed by atoms with E-state index in [2.05, 4.69) is 25.6 Å². The third-order valence-electron chi connectivity index (χ3n) is 5.90. The summed E-state index contributed by atoms with van der Waals surface area (Å²) in [7, 11) is 1.61. The van der Waals surface area contributed by atoms with E-state index in [1.807, 2.05) is 24.4 Å². The monoisotopic (exact) mass is 484 g/mol. The second kappa shape index (κ2) is 11.3. The van der Waals surface area contributed by atoms with Gasteiger partial charge in [0.25, 0.3) is 0 Å². The number of piperidine rings is 1. The van der Waals surface area contributed by atoms with Gasteiger partial charge in [-0.3, -0.25) is 14.6 Å². The Kier molecular flexibility index (Phi) is 7.99. The van der Waals surface area contributed by atoms with E-state index < -0.39 is 0 Å². The fourth-order valence-electron chi connectivity index (χ4n) is 4.18. The molecular weight excluding hydrogens is 456 g/mol. The second-order valence-electron chi connectivity index (χ2n) is 8.26.